The smallest absolute Gasteiger partial charge is 0.150 e. The van der Waals surface area contributed by atoms with Gasteiger partial charge in [-0.15, -0.1) is 11.3 Å². The zero-order chi connectivity index (χ0) is 35.2. The van der Waals surface area contributed by atoms with E-state index in [2.05, 4.69) is 94.7 Å². The highest BCUT2D eigenvalue weighted by atomic mass is 32.1. The van der Waals surface area contributed by atoms with E-state index in [1.54, 1.807) is 49.8 Å². The summed E-state index contributed by atoms with van der Waals surface area (Å²) < 4.78 is 10.8. The molecule has 1 aromatic heterocycles. The van der Waals surface area contributed by atoms with Crippen LogP contribution in [0.4, 0.5) is 34.1 Å². The quantitative estimate of drug-likeness (QED) is 0.119. The van der Waals surface area contributed by atoms with Crippen molar-refractivity contribution in [1.82, 2.24) is 0 Å². The second-order valence-electron chi connectivity index (χ2n) is 11.7. The molecule has 0 spiro atoms. The van der Waals surface area contributed by atoms with Crippen LogP contribution in [-0.2, 0) is 0 Å². The molecule has 7 heteroatoms. The van der Waals surface area contributed by atoms with Crippen molar-refractivity contribution in [3.63, 3.8) is 0 Å². The van der Waals surface area contributed by atoms with Crippen molar-refractivity contribution in [1.29, 1.82) is 0 Å². The Labute approximate surface area is 301 Å². The fourth-order valence-corrected chi connectivity index (χ4v) is 6.98. The molecule has 1 heterocycles. The lowest BCUT2D eigenvalue weighted by Gasteiger charge is -2.26. The van der Waals surface area contributed by atoms with Crippen LogP contribution in [0.1, 0.15) is 20.7 Å². The molecule has 7 aromatic rings. The van der Waals surface area contributed by atoms with E-state index >= 15 is 0 Å². The number of thiophene rings is 1. The molecule has 0 amide bonds. The van der Waals surface area contributed by atoms with Crippen LogP contribution in [0.2, 0.25) is 0 Å². The van der Waals surface area contributed by atoms with Gasteiger partial charge in [0.25, 0.3) is 0 Å². The van der Waals surface area contributed by atoms with E-state index in [9.17, 15) is 9.59 Å². The first-order chi connectivity index (χ1) is 25.1. The number of nitrogens with zero attached hydrogens (tertiary/aromatic N) is 2. The first kappa shape index (κ1) is 33.1. The number of aldehydes is 2. The molecule has 51 heavy (non-hydrogen) atoms. The molecule has 0 aliphatic rings. The van der Waals surface area contributed by atoms with Gasteiger partial charge in [0.2, 0.25) is 0 Å². The zero-order valence-corrected chi connectivity index (χ0v) is 28.9. The summed E-state index contributed by atoms with van der Waals surface area (Å²) in [5, 5.41) is 0. The highest BCUT2D eigenvalue weighted by Crippen LogP contribution is 2.41. The third kappa shape index (κ3) is 7.15. The van der Waals surface area contributed by atoms with Crippen molar-refractivity contribution < 1.29 is 19.1 Å². The third-order valence-electron chi connectivity index (χ3n) is 8.66. The fraction of sp³-hybridized carbons (Fsp3) is 0.0455. The summed E-state index contributed by atoms with van der Waals surface area (Å²) in [6, 6.07) is 52.4. The molecule has 0 N–H and O–H groups in total. The highest BCUT2D eigenvalue weighted by Gasteiger charge is 2.16. The van der Waals surface area contributed by atoms with Crippen LogP contribution in [0, 0.1) is 0 Å². The standard InChI is InChI=1S/C44H34N2O4S/c1-49-41-23-19-39(20-24-41)46(40-21-25-42(50-2)26-22-40)38-17-9-34(10-18-38)44-28-27-43(51-44)33-7-15-37(16-8-33)45(35-11-3-31(29-47)4-12-35)36-13-5-32(30-48)6-14-36/h3-30H,1-2H3. The summed E-state index contributed by atoms with van der Waals surface area (Å²) in [6.45, 7) is 0. The van der Waals surface area contributed by atoms with Crippen LogP contribution in [0.5, 0.6) is 11.5 Å². The minimum atomic E-state index is 0.611. The molecule has 0 aliphatic heterocycles. The second kappa shape index (κ2) is 15.0. The van der Waals surface area contributed by atoms with Gasteiger partial charge in [-0.1, -0.05) is 24.3 Å². The van der Waals surface area contributed by atoms with Crippen LogP contribution < -0.4 is 19.3 Å². The van der Waals surface area contributed by atoms with E-state index < -0.39 is 0 Å². The molecular weight excluding hydrogens is 653 g/mol. The van der Waals surface area contributed by atoms with Gasteiger partial charge in [-0.2, -0.15) is 0 Å². The minimum absolute atomic E-state index is 0.611. The predicted molar refractivity (Wildman–Crippen MR) is 208 cm³/mol. The van der Waals surface area contributed by atoms with Gasteiger partial charge in [-0.25, -0.2) is 0 Å². The number of methoxy groups -OCH3 is 2. The van der Waals surface area contributed by atoms with E-state index in [-0.39, 0.29) is 0 Å². The summed E-state index contributed by atoms with van der Waals surface area (Å²) >= 11 is 1.75. The van der Waals surface area contributed by atoms with Gasteiger partial charge in [0, 0.05) is 55.0 Å². The molecule has 0 atom stereocenters. The summed E-state index contributed by atoms with van der Waals surface area (Å²) in [7, 11) is 3.34. The van der Waals surface area contributed by atoms with Gasteiger partial charge >= 0.3 is 0 Å². The summed E-state index contributed by atoms with van der Waals surface area (Å²) in [5.74, 6) is 1.61. The number of hydrogen-bond donors (Lipinski definition) is 0. The summed E-state index contributed by atoms with van der Waals surface area (Å²) in [6.07, 6.45) is 1.68. The van der Waals surface area contributed by atoms with E-state index in [0.717, 1.165) is 74.2 Å². The molecule has 7 rings (SSSR count). The maximum Gasteiger partial charge on any atom is 0.150 e. The number of carbonyl (C=O) groups is 2. The lowest BCUT2D eigenvalue weighted by Crippen LogP contribution is -2.10. The SMILES string of the molecule is COc1ccc(N(c2ccc(OC)cc2)c2ccc(-c3ccc(-c4ccc(N(c5ccc(C=O)cc5)c5ccc(C=O)cc5)cc4)s3)cc2)cc1. The van der Waals surface area contributed by atoms with Crippen molar-refractivity contribution in [2.75, 3.05) is 24.0 Å². The average molecular weight is 687 g/mol. The van der Waals surface area contributed by atoms with Gasteiger partial charge in [0.15, 0.2) is 0 Å². The number of hydrogen-bond acceptors (Lipinski definition) is 7. The van der Waals surface area contributed by atoms with E-state index in [1.165, 1.54) is 4.88 Å². The Hall–Kier alpha value is -6.44. The normalized spacial score (nSPS) is 10.7. The Kier molecular flexibility index (Phi) is 9.72. The highest BCUT2D eigenvalue weighted by molar-refractivity contribution is 7.18. The number of carbonyl (C=O) groups excluding carboxylic acids is 2. The topological polar surface area (TPSA) is 59.1 Å². The first-order valence-corrected chi connectivity index (χ1v) is 17.2. The van der Waals surface area contributed by atoms with Gasteiger partial charge < -0.3 is 19.3 Å². The molecule has 6 aromatic carbocycles. The number of benzene rings is 6. The Morgan fingerprint density at radius 2 is 0.667 bits per heavy atom. The lowest BCUT2D eigenvalue weighted by atomic mass is 10.1. The molecule has 0 aliphatic carbocycles. The Morgan fingerprint density at radius 1 is 0.392 bits per heavy atom. The molecular formula is C44H34N2O4S. The molecule has 0 saturated carbocycles. The lowest BCUT2D eigenvalue weighted by molar-refractivity contribution is 0.111. The van der Waals surface area contributed by atoms with Gasteiger partial charge in [-0.3, -0.25) is 9.59 Å². The monoisotopic (exact) mass is 686 g/mol. The maximum atomic E-state index is 11.3. The zero-order valence-electron chi connectivity index (χ0n) is 28.1. The van der Waals surface area contributed by atoms with Crippen molar-refractivity contribution in [3.8, 4) is 32.4 Å². The van der Waals surface area contributed by atoms with E-state index in [1.807, 2.05) is 48.5 Å². The third-order valence-corrected chi connectivity index (χ3v) is 9.85. The largest absolute Gasteiger partial charge is 0.497 e. The Balaban J connectivity index is 1.15. The van der Waals surface area contributed by atoms with E-state index in [0.29, 0.717) is 11.1 Å². The molecule has 0 unspecified atom stereocenters. The fourth-order valence-electron chi connectivity index (χ4n) is 5.96. The van der Waals surface area contributed by atoms with Gasteiger partial charge in [0.1, 0.15) is 24.1 Å². The molecule has 6 nitrogen and oxygen atoms in total. The van der Waals surface area contributed by atoms with Crippen molar-refractivity contribution >= 4 is 58.0 Å². The molecule has 0 radical (unpaired) electrons. The minimum Gasteiger partial charge on any atom is -0.497 e. The van der Waals surface area contributed by atoms with Crippen LogP contribution in [-0.4, -0.2) is 26.8 Å². The van der Waals surface area contributed by atoms with Crippen LogP contribution >= 0.6 is 11.3 Å². The van der Waals surface area contributed by atoms with Crippen LogP contribution in [0.15, 0.2) is 158 Å². The number of rotatable bonds is 12. The molecule has 250 valence electrons. The average Bonchev–Trinajstić information content (AvgIpc) is 3.70. The summed E-state index contributed by atoms with van der Waals surface area (Å²) in [4.78, 5) is 29.2. The number of ether oxygens (including phenoxy) is 2. The Bertz CT molecular complexity index is 2130. The first-order valence-electron chi connectivity index (χ1n) is 16.4. The molecule has 0 saturated heterocycles. The number of anilines is 6. The van der Waals surface area contributed by atoms with Crippen LogP contribution in [0.3, 0.4) is 0 Å². The van der Waals surface area contributed by atoms with Gasteiger partial charge in [-0.05, 0) is 145 Å². The maximum absolute atomic E-state index is 11.3. The second-order valence-corrected chi connectivity index (χ2v) is 12.8. The molecule has 0 bridgehead atoms. The van der Waals surface area contributed by atoms with Crippen molar-refractivity contribution in [3.05, 3.63) is 169 Å². The molecule has 0 fully saturated rings. The predicted octanol–water partition coefficient (Wildman–Crippen LogP) is 11.7. The van der Waals surface area contributed by atoms with Crippen molar-refractivity contribution in [2.45, 2.75) is 0 Å². The van der Waals surface area contributed by atoms with Crippen molar-refractivity contribution in [2.24, 2.45) is 0 Å². The summed E-state index contributed by atoms with van der Waals surface area (Å²) in [5.41, 5.74) is 9.33. The van der Waals surface area contributed by atoms with Crippen LogP contribution in [0.25, 0.3) is 20.9 Å². The van der Waals surface area contributed by atoms with E-state index in [4.69, 9.17) is 9.47 Å². The Morgan fingerprint density at radius 3 is 0.941 bits per heavy atom. The van der Waals surface area contributed by atoms with Gasteiger partial charge in [0.05, 0.1) is 14.2 Å².